The van der Waals surface area contributed by atoms with Gasteiger partial charge >= 0.3 is 0 Å². The Hall–Kier alpha value is -3.03. The third-order valence-electron chi connectivity index (χ3n) is 5.55. The summed E-state index contributed by atoms with van der Waals surface area (Å²) in [6.45, 7) is 2.98. The highest BCUT2D eigenvalue weighted by Crippen LogP contribution is 2.32. The van der Waals surface area contributed by atoms with Crippen molar-refractivity contribution in [2.45, 2.75) is 31.7 Å². The Kier molecular flexibility index (Phi) is 6.74. The molecule has 1 aromatic heterocycles. The molecule has 0 spiro atoms. The maximum Gasteiger partial charge on any atom is 0.164 e. The summed E-state index contributed by atoms with van der Waals surface area (Å²) in [5.41, 5.74) is 2.45. The summed E-state index contributed by atoms with van der Waals surface area (Å²) >= 11 is 0. The summed E-state index contributed by atoms with van der Waals surface area (Å²) in [5.74, 6) is 1.93. The van der Waals surface area contributed by atoms with Crippen LogP contribution in [0.5, 0.6) is 17.2 Å². The monoisotopic (exact) mass is 423 g/mol. The first-order valence-electron chi connectivity index (χ1n) is 10.5. The van der Waals surface area contributed by atoms with Crippen molar-refractivity contribution in [2.24, 2.45) is 0 Å². The van der Waals surface area contributed by atoms with Gasteiger partial charge in [-0.3, -0.25) is 9.58 Å². The highest BCUT2D eigenvalue weighted by molar-refractivity contribution is 5.45. The van der Waals surface area contributed by atoms with Gasteiger partial charge in [-0.25, -0.2) is 0 Å². The molecule has 0 unspecified atom stereocenters. The molecule has 1 aliphatic heterocycles. The maximum absolute atomic E-state index is 10.7. The van der Waals surface area contributed by atoms with E-state index in [1.165, 1.54) is 11.1 Å². The quantitative estimate of drug-likeness (QED) is 0.601. The minimum absolute atomic E-state index is 0.250. The number of ether oxygens (including phenoxy) is 3. The summed E-state index contributed by atoms with van der Waals surface area (Å²) in [7, 11) is 3.20. The number of likely N-dealkylation sites (tertiary alicyclic amines) is 1. The highest BCUT2D eigenvalue weighted by atomic mass is 16.5. The molecule has 1 fully saturated rings. The Balaban J connectivity index is 1.33. The molecule has 1 saturated heterocycles. The van der Waals surface area contributed by atoms with E-state index in [-0.39, 0.29) is 6.10 Å². The predicted octanol–water partition coefficient (Wildman–Crippen LogP) is 2.96. The van der Waals surface area contributed by atoms with Crippen molar-refractivity contribution in [3.05, 3.63) is 72.1 Å². The van der Waals surface area contributed by atoms with E-state index in [0.717, 1.165) is 26.1 Å². The summed E-state index contributed by atoms with van der Waals surface area (Å²) in [4.78, 5) is 2.27. The lowest BCUT2D eigenvalue weighted by Crippen LogP contribution is -2.48. The molecule has 7 nitrogen and oxygen atoms in total. The van der Waals surface area contributed by atoms with Gasteiger partial charge in [0, 0.05) is 38.1 Å². The second-order valence-electron chi connectivity index (χ2n) is 7.79. The zero-order valence-electron chi connectivity index (χ0n) is 18.0. The Morgan fingerprint density at radius 3 is 2.52 bits per heavy atom. The van der Waals surface area contributed by atoms with Crippen molar-refractivity contribution in [3.8, 4) is 17.2 Å². The number of benzene rings is 2. The lowest BCUT2D eigenvalue weighted by molar-refractivity contribution is -0.0275. The average Bonchev–Trinajstić information content (AvgIpc) is 3.29. The molecule has 164 valence electrons. The van der Waals surface area contributed by atoms with Gasteiger partial charge in [-0.2, -0.15) is 5.10 Å². The van der Waals surface area contributed by atoms with Crippen LogP contribution in [0.2, 0.25) is 0 Å². The number of aliphatic hydroxyl groups excluding tert-OH is 1. The predicted molar refractivity (Wildman–Crippen MR) is 118 cm³/mol. The molecular formula is C24H29N3O4. The third-order valence-corrected chi connectivity index (χ3v) is 5.55. The molecule has 31 heavy (non-hydrogen) atoms. The standard InChI is InChI=1S/C24H29N3O4/c1-29-23-8-7-20(14-24(23)30-2)31-22-9-12-26(17-21(22)28)15-18-5-3-6-19(13-18)16-27-11-4-10-25-27/h3-8,10-11,13-14,21-22,28H,9,12,15-17H2,1-2H3/t21-,22-/m1/s1. The van der Waals surface area contributed by atoms with Crippen LogP contribution in [0.15, 0.2) is 60.9 Å². The van der Waals surface area contributed by atoms with Crippen molar-refractivity contribution in [3.63, 3.8) is 0 Å². The molecule has 4 rings (SSSR count). The zero-order valence-corrected chi connectivity index (χ0v) is 18.0. The fourth-order valence-electron chi connectivity index (χ4n) is 3.99. The molecule has 0 aliphatic carbocycles. The Morgan fingerprint density at radius 2 is 1.81 bits per heavy atom. The largest absolute Gasteiger partial charge is 0.493 e. The minimum atomic E-state index is -0.561. The summed E-state index contributed by atoms with van der Waals surface area (Å²) in [6.07, 6.45) is 3.70. The van der Waals surface area contributed by atoms with Gasteiger partial charge in [0.2, 0.25) is 0 Å². The van der Waals surface area contributed by atoms with Crippen molar-refractivity contribution >= 4 is 0 Å². The van der Waals surface area contributed by atoms with Gasteiger partial charge in [0.05, 0.1) is 20.8 Å². The van der Waals surface area contributed by atoms with Crippen LogP contribution in [0.1, 0.15) is 17.5 Å². The summed E-state index contributed by atoms with van der Waals surface area (Å²) in [5, 5.41) is 15.0. The zero-order chi connectivity index (χ0) is 21.6. The molecule has 0 saturated carbocycles. The lowest BCUT2D eigenvalue weighted by atomic mass is 10.0. The Labute approximate surface area is 182 Å². The van der Waals surface area contributed by atoms with Crippen LogP contribution >= 0.6 is 0 Å². The summed E-state index contributed by atoms with van der Waals surface area (Å²) in [6, 6.07) is 15.9. The van der Waals surface area contributed by atoms with Crippen molar-refractivity contribution in [2.75, 3.05) is 27.3 Å². The van der Waals surface area contributed by atoms with Crippen LogP contribution in [-0.2, 0) is 13.1 Å². The van der Waals surface area contributed by atoms with Gasteiger partial charge in [0.25, 0.3) is 0 Å². The summed E-state index contributed by atoms with van der Waals surface area (Å²) < 4.78 is 18.6. The van der Waals surface area contributed by atoms with E-state index in [0.29, 0.717) is 23.8 Å². The van der Waals surface area contributed by atoms with Crippen LogP contribution in [0.4, 0.5) is 0 Å². The van der Waals surface area contributed by atoms with Gasteiger partial charge in [-0.1, -0.05) is 24.3 Å². The molecule has 0 amide bonds. The van der Waals surface area contributed by atoms with Gasteiger partial charge in [0.1, 0.15) is 18.0 Å². The number of piperidine rings is 1. The molecule has 3 aromatic rings. The van der Waals surface area contributed by atoms with Crippen LogP contribution in [0, 0.1) is 0 Å². The average molecular weight is 424 g/mol. The van der Waals surface area contributed by atoms with E-state index in [9.17, 15) is 5.11 Å². The number of hydrogen-bond donors (Lipinski definition) is 1. The minimum Gasteiger partial charge on any atom is -0.493 e. The van der Waals surface area contributed by atoms with E-state index in [1.54, 1.807) is 26.5 Å². The number of aliphatic hydroxyl groups is 1. The SMILES string of the molecule is COc1ccc(O[C@@H]2CCN(Cc3cccc(Cn4cccn4)c3)C[C@H]2O)cc1OC. The maximum atomic E-state index is 10.7. The van der Waals surface area contributed by atoms with Gasteiger partial charge in [-0.05, 0) is 35.7 Å². The van der Waals surface area contributed by atoms with Crippen LogP contribution in [-0.4, -0.2) is 59.3 Å². The lowest BCUT2D eigenvalue weighted by Gasteiger charge is -2.36. The van der Waals surface area contributed by atoms with Crippen molar-refractivity contribution in [1.29, 1.82) is 0 Å². The second-order valence-corrected chi connectivity index (χ2v) is 7.79. The van der Waals surface area contributed by atoms with Gasteiger partial charge < -0.3 is 19.3 Å². The second kappa shape index (κ2) is 9.85. The number of aromatic nitrogens is 2. The smallest absolute Gasteiger partial charge is 0.164 e. The van der Waals surface area contributed by atoms with E-state index < -0.39 is 6.10 Å². The number of methoxy groups -OCH3 is 2. The molecule has 0 bridgehead atoms. The van der Waals surface area contributed by atoms with Gasteiger partial charge in [0.15, 0.2) is 11.5 Å². The molecule has 7 heteroatoms. The van der Waals surface area contributed by atoms with Crippen LogP contribution in [0.25, 0.3) is 0 Å². The number of rotatable bonds is 8. The van der Waals surface area contributed by atoms with Crippen LogP contribution in [0.3, 0.4) is 0 Å². The van der Waals surface area contributed by atoms with Gasteiger partial charge in [-0.15, -0.1) is 0 Å². The molecule has 2 heterocycles. The fourth-order valence-corrected chi connectivity index (χ4v) is 3.99. The normalized spacial score (nSPS) is 19.2. The third kappa shape index (κ3) is 5.37. The molecule has 2 aromatic carbocycles. The molecule has 1 aliphatic rings. The van der Waals surface area contributed by atoms with Crippen LogP contribution < -0.4 is 14.2 Å². The Bertz CT molecular complexity index is 977. The fraction of sp³-hybridized carbons (Fsp3) is 0.375. The van der Waals surface area contributed by atoms with Crippen molar-refractivity contribution in [1.82, 2.24) is 14.7 Å². The number of hydrogen-bond acceptors (Lipinski definition) is 6. The first-order valence-corrected chi connectivity index (χ1v) is 10.5. The topological polar surface area (TPSA) is 69.0 Å². The van der Waals surface area contributed by atoms with Crippen molar-refractivity contribution < 1.29 is 19.3 Å². The number of β-amino-alcohol motifs (C(OH)–C–C–N with tert-alkyl or cyclic N) is 1. The number of nitrogens with zero attached hydrogens (tertiary/aromatic N) is 3. The molecule has 1 N–H and O–H groups in total. The molecular weight excluding hydrogens is 394 g/mol. The van der Waals surface area contributed by atoms with E-state index in [2.05, 4.69) is 34.3 Å². The van der Waals surface area contributed by atoms with E-state index in [4.69, 9.17) is 14.2 Å². The van der Waals surface area contributed by atoms with E-state index in [1.807, 2.05) is 29.1 Å². The molecule has 0 radical (unpaired) electrons. The Morgan fingerprint density at radius 1 is 1.00 bits per heavy atom. The first kappa shape index (κ1) is 21.2. The molecule has 2 atom stereocenters. The first-order chi connectivity index (χ1) is 15.1. The van der Waals surface area contributed by atoms with E-state index >= 15 is 0 Å². The highest BCUT2D eigenvalue weighted by Gasteiger charge is 2.29.